The van der Waals surface area contributed by atoms with Crippen LogP contribution in [0.2, 0.25) is 0 Å². The Morgan fingerprint density at radius 1 is 1.27 bits per heavy atom. The predicted molar refractivity (Wildman–Crippen MR) is 105 cm³/mol. The van der Waals surface area contributed by atoms with Gasteiger partial charge in [-0.15, -0.1) is 0 Å². The first-order chi connectivity index (χ1) is 12.4. The van der Waals surface area contributed by atoms with E-state index >= 15 is 0 Å². The average molecular weight is 416 g/mol. The van der Waals surface area contributed by atoms with Crippen LogP contribution in [-0.4, -0.2) is 25.5 Å². The number of amides is 1. The van der Waals surface area contributed by atoms with E-state index in [2.05, 4.69) is 50.5 Å². The van der Waals surface area contributed by atoms with Crippen molar-refractivity contribution in [1.82, 2.24) is 19.6 Å². The zero-order chi connectivity index (χ0) is 18.8. The molecule has 0 spiro atoms. The van der Waals surface area contributed by atoms with E-state index in [9.17, 15) is 4.79 Å². The highest BCUT2D eigenvalue weighted by Gasteiger charge is 2.20. The highest BCUT2D eigenvalue weighted by molar-refractivity contribution is 9.10. The smallest absolute Gasteiger partial charge is 0.249 e. The minimum Gasteiger partial charge on any atom is -0.321 e. The molecule has 0 aliphatic heterocycles. The van der Waals surface area contributed by atoms with Crippen LogP contribution >= 0.6 is 15.9 Å². The maximum Gasteiger partial charge on any atom is 0.249 e. The molecule has 1 aromatic carbocycles. The summed E-state index contributed by atoms with van der Waals surface area (Å²) in [6, 6.07) is 7.83. The van der Waals surface area contributed by atoms with Gasteiger partial charge in [0.25, 0.3) is 0 Å². The molecule has 6 nitrogen and oxygen atoms in total. The van der Waals surface area contributed by atoms with Crippen molar-refractivity contribution in [3.8, 4) is 0 Å². The lowest BCUT2D eigenvalue weighted by molar-refractivity contribution is -0.119. The van der Waals surface area contributed by atoms with Crippen molar-refractivity contribution in [2.45, 2.75) is 40.3 Å². The standard InChI is InChI=1S/C19H22BrN5O/c1-12-7-5-6-8-16(12)10-25-14(3)18(13(2)23-25)22-19(26)15(4)24-11-17(20)9-21-24/h5-9,11,15H,10H2,1-4H3,(H,22,26). The summed E-state index contributed by atoms with van der Waals surface area (Å²) in [7, 11) is 0. The van der Waals surface area contributed by atoms with Crippen molar-refractivity contribution in [3.63, 3.8) is 0 Å². The summed E-state index contributed by atoms with van der Waals surface area (Å²) in [5, 5.41) is 11.8. The van der Waals surface area contributed by atoms with E-state index < -0.39 is 6.04 Å². The first kappa shape index (κ1) is 18.4. The molecular weight excluding hydrogens is 394 g/mol. The van der Waals surface area contributed by atoms with Crippen molar-refractivity contribution in [3.05, 3.63) is 63.6 Å². The normalized spacial score (nSPS) is 12.2. The lowest BCUT2D eigenvalue weighted by Gasteiger charge is -2.13. The zero-order valence-electron chi connectivity index (χ0n) is 15.3. The maximum absolute atomic E-state index is 12.6. The molecule has 1 unspecified atom stereocenters. The highest BCUT2D eigenvalue weighted by atomic mass is 79.9. The van der Waals surface area contributed by atoms with Gasteiger partial charge in [-0.1, -0.05) is 24.3 Å². The fourth-order valence-electron chi connectivity index (χ4n) is 2.86. The molecule has 1 N–H and O–H groups in total. The van der Waals surface area contributed by atoms with Gasteiger partial charge in [0.2, 0.25) is 5.91 Å². The Hall–Kier alpha value is -2.41. The van der Waals surface area contributed by atoms with Gasteiger partial charge in [0.05, 0.1) is 34.3 Å². The van der Waals surface area contributed by atoms with Crippen LogP contribution < -0.4 is 5.32 Å². The molecule has 2 heterocycles. The summed E-state index contributed by atoms with van der Waals surface area (Å²) in [6.45, 7) is 8.47. The van der Waals surface area contributed by atoms with Crippen LogP contribution in [0.3, 0.4) is 0 Å². The SMILES string of the molecule is Cc1ccccc1Cn1nc(C)c(NC(=O)C(C)n2cc(Br)cn2)c1C. The van der Waals surface area contributed by atoms with E-state index in [4.69, 9.17) is 0 Å². The number of nitrogens with one attached hydrogen (secondary N) is 1. The maximum atomic E-state index is 12.6. The third-order valence-electron chi connectivity index (χ3n) is 4.56. The minimum absolute atomic E-state index is 0.123. The number of nitrogens with zero attached hydrogens (tertiary/aromatic N) is 4. The Labute approximate surface area is 161 Å². The van der Waals surface area contributed by atoms with Crippen LogP contribution in [0, 0.1) is 20.8 Å². The molecule has 0 aliphatic carbocycles. The van der Waals surface area contributed by atoms with Gasteiger partial charge in [0.1, 0.15) is 6.04 Å². The van der Waals surface area contributed by atoms with Gasteiger partial charge >= 0.3 is 0 Å². The van der Waals surface area contributed by atoms with Gasteiger partial charge in [-0.2, -0.15) is 10.2 Å². The molecule has 0 saturated heterocycles. The van der Waals surface area contributed by atoms with Gasteiger partial charge in [0, 0.05) is 6.20 Å². The molecule has 0 aliphatic rings. The molecule has 0 saturated carbocycles. The van der Waals surface area contributed by atoms with Gasteiger partial charge in [-0.05, 0) is 54.8 Å². The number of carbonyl (C=O) groups is 1. The van der Waals surface area contributed by atoms with Crippen LogP contribution in [0.4, 0.5) is 5.69 Å². The Balaban J connectivity index is 1.79. The zero-order valence-corrected chi connectivity index (χ0v) is 16.9. The van der Waals surface area contributed by atoms with Gasteiger partial charge in [0.15, 0.2) is 0 Å². The summed E-state index contributed by atoms with van der Waals surface area (Å²) >= 11 is 3.35. The molecule has 3 rings (SSSR count). The number of halogens is 1. The molecule has 0 radical (unpaired) electrons. The summed E-state index contributed by atoms with van der Waals surface area (Å²) in [6.07, 6.45) is 3.45. The van der Waals surface area contributed by atoms with Crippen molar-refractivity contribution in [2.75, 3.05) is 5.32 Å². The van der Waals surface area contributed by atoms with E-state index in [-0.39, 0.29) is 5.91 Å². The third-order valence-corrected chi connectivity index (χ3v) is 4.97. The molecule has 7 heteroatoms. The van der Waals surface area contributed by atoms with Crippen LogP contribution in [-0.2, 0) is 11.3 Å². The first-order valence-corrected chi connectivity index (χ1v) is 9.25. The van der Waals surface area contributed by atoms with E-state index in [1.807, 2.05) is 37.6 Å². The second-order valence-corrected chi connectivity index (χ2v) is 7.35. The van der Waals surface area contributed by atoms with Crippen molar-refractivity contribution in [2.24, 2.45) is 0 Å². The molecule has 1 atom stereocenters. The Kier molecular flexibility index (Phi) is 5.27. The molecule has 3 aromatic rings. The number of aryl methyl sites for hydroxylation is 2. The van der Waals surface area contributed by atoms with Crippen molar-refractivity contribution in [1.29, 1.82) is 0 Å². The molecule has 26 heavy (non-hydrogen) atoms. The van der Waals surface area contributed by atoms with Gasteiger partial charge in [-0.3, -0.25) is 14.2 Å². The summed E-state index contributed by atoms with van der Waals surface area (Å²) < 4.78 is 4.40. The molecule has 0 fully saturated rings. The fraction of sp³-hybridized carbons (Fsp3) is 0.316. The molecule has 2 aromatic heterocycles. The average Bonchev–Trinajstić information content (AvgIpc) is 3.15. The minimum atomic E-state index is -0.417. The number of hydrogen-bond acceptors (Lipinski definition) is 3. The number of rotatable bonds is 5. The summed E-state index contributed by atoms with van der Waals surface area (Å²) in [5.74, 6) is -0.123. The Morgan fingerprint density at radius 3 is 2.65 bits per heavy atom. The van der Waals surface area contributed by atoms with E-state index in [1.54, 1.807) is 17.1 Å². The monoisotopic (exact) mass is 415 g/mol. The van der Waals surface area contributed by atoms with E-state index in [0.29, 0.717) is 6.54 Å². The second-order valence-electron chi connectivity index (χ2n) is 6.43. The number of carbonyl (C=O) groups excluding carboxylic acids is 1. The van der Waals surface area contributed by atoms with Crippen molar-refractivity contribution >= 4 is 27.5 Å². The lowest BCUT2D eigenvalue weighted by atomic mass is 10.1. The van der Waals surface area contributed by atoms with Crippen LogP contribution in [0.15, 0.2) is 41.1 Å². The fourth-order valence-corrected chi connectivity index (χ4v) is 3.16. The predicted octanol–water partition coefficient (Wildman–Crippen LogP) is 4.02. The molecule has 1 amide bonds. The Bertz CT molecular complexity index is 943. The second kappa shape index (κ2) is 7.45. The molecule has 136 valence electrons. The number of aromatic nitrogens is 4. The largest absolute Gasteiger partial charge is 0.321 e. The number of benzene rings is 1. The summed E-state index contributed by atoms with van der Waals surface area (Å²) in [5.41, 5.74) is 4.95. The first-order valence-electron chi connectivity index (χ1n) is 8.46. The van der Waals surface area contributed by atoms with Crippen LogP contribution in [0.25, 0.3) is 0 Å². The summed E-state index contributed by atoms with van der Waals surface area (Å²) in [4.78, 5) is 12.6. The molecular formula is C19H22BrN5O. The number of hydrogen-bond donors (Lipinski definition) is 1. The Morgan fingerprint density at radius 2 is 2.00 bits per heavy atom. The lowest BCUT2D eigenvalue weighted by Crippen LogP contribution is -2.24. The molecule has 0 bridgehead atoms. The quantitative estimate of drug-likeness (QED) is 0.684. The van der Waals surface area contributed by atoms with Crippen molar-refractivity contribution < 1.29 is 4.79 Å². The van der Waals surface area contributed by atoms with Gasteiger partial charge in [-0.25, -0.2) is 0 Å². The number of anilines is 1. The highest BCUT2D eigenvalue weighted by Crippen LogP contribution is 2.23. The third kappa shape index (κ3) is 3.72. The van der Waals surface area contributed by atoms with Gasteiger partial charge < -0.3 is 5.32 Å². The van der Waals surface area contributed by atoms with Crippen LogP contribution in [0.1, 0.15) is 35.5 Å². The van der Waals surface area contributed by atoms with E-state index in [0.717, 1.165) is 21.5 Å². The topological polar surface area (TPSA) is 64.7 Å². The van der Waals surface area contributed by atoms with E-state index in [1.165, 1.54) is 11.1 Å². The van der Waals surface area contributed by atoms with Crippen LogP contribution in [0.5, 0.6) is 0 Å².